The molecule has 1 aliphatic rings. The molecule has 1 aromatic rings. The number of benzene rings is 1. The van der Waals surface area contributed by atoms with Gasteiger partial charge in [0.25, 0.3) is 0 Å². The quantitative estimate of drug-likeness (QED) is 0.887. The van der Waals surface area contributed by atoms with Crippen LogP contribution in [0.25, 0.3) is 0 Å². The first-order valence-electron chi connectivity index (χ1n) is 7.57. The molecule has 0 saturated heterocycles. The number of hydrogen-bond acceptors (Lipinski definition) is 4. The van der Waals surface area contributed by atoms with Crippen LogP contribution in [-0.2, 0) is 17.8 Å². The van der Waals surface area contributed by atoms with Crippen molar-refractivity contribution in [3.05, 3.63) is 23.3 Å². The average Bonchev–Trinajstić information content (AvgIpc) is 2.56. The van der Waals surface area contributed by atoms with Crippen molar-refractivity contribution in [3.8, 4) is 11.5 Å². The second-order valence-corrected chi connectivity index (χ2v) is 5.71. The van der Waals surface area contributed by atoms with E-state index in [1.54, 1.807) is 14.0 Å². The normalized spacial score (nSPS) is 16.2. The molecule has 1 aromatic carbocycles. The fraction of sp³-hybridized carbons (Fsp3) is 0.562. The van der Waals surface area contributed by atoms with Gasteiger partial charge in [-0.15, -0.1) is 0 Å². The largest absolute Gasteiger partial charge is 0.493 e. The molecule has 2 rings (SSSR count). The van der Waals surface area contributed by atoms with E-state index in [0.717, 1.165) is 11.1 Å². The highest BCUT2D eigenvalue weighted by Gasteiger charge is 2.31. The molecular formula is C16H21F3N2O3. The molecule has 1 N–H and O–H groups in total. The number of carbonyl (C=O) groups excluding carboxylic acids is 1. The lowest BCUT2D eigenvalue weighted by Crippen LogP contribution is -2.48. The Bertz CT molecular complexity index is 605. The van der Waals surface area contributed by atoms with E-state index in [-0.39, 0.29) is 0 Å². The third-order valence-electron chi connectivity index (χ3n) is 4.14. The zero-order chi connectivity index (χ0) is 17.9. The smallest absolute Gasteiger partial charge is 0.405 e. The zero-order valence-electron chi connectivity index (χ0n) is 13.9. The SMILES string of the molecule is COc1cc2c(cc1OC)CN(C(C)C(=O)NCC(F)(F)F)CC2. The number of nitrogens with zero attached hydrogens (tertiary/aromatic N) is 1. The number of fused-ring (bicyclic) bond motifs is 1. The van der Waals surface area contributed by atoms with Gasteiger partial charge in [0.1, 0.15) is 6.54 Å². The molecule has 0 radical (unpaired) electrons. The first-order chi connectivity index (χ1) is 11.2. The monoisotopic (exact) mass is 346 g/mol. The molecule has 0 saturated carbocycles. The maximum absolute atomic E-state index is 12.2. The molecule has 5 nitrogen and oxygen atoms in total. The van der Waals surface area contributed by atoms with Crippen molar-refractivity contribution < 1.29 is 27.4 Å². The summed E-state index contributed by atoms with van der Waals surface area (Å²) in [7, 11) is 3.10. The van der Waals surface area contributed by atoms with E-state index in [4.69, 9.17) is 9.47 Å². The molecule has 0 fully saturated rings. The highest BCUT2D eigenvalue weighted by atomic mass is 19.4. The number of amides is 1. The molecule has 0 aliphatic carbocycles. The molecule has 0 aromatic heterocycles. The maximum Gasteiger partial charge on any atom is 0.405 e. The van der Waals surface area contributed by atoms with Crippen molar-refractivity contribution in [2.24, 2.45) is 0 Å². The lowest BCUT2D eigenvalue weighted by Gasteiger charge is -2.33. The van der Waals surface area contributed by atoms with E-state index < -0.39 is 24.7 Å². The van der Waals surface area contributed by atoms with E-state index in [1.807, 2.05) is 22.3 Å². The first kappa shape index (κ1) is 18.4. The van der Waals surface area contributed by atoms with Gasteiger partial charge in [-0.1, -0.05) is 0 Å². The minimum absolute atomic E-state index is 0.469. The zero-order valence-corrected chi connectivity index (χ0v) is 13.9. The van der Waals surface area contributed by atoms with Gasteiger partial charge in [0.05, 0.1) is 20.3 Å². The maximum atomic E-state index is 12.2. The number of alkyl halides is 3. The van der Waals surface area contributed by atoms with Crippen molar-refractivity contribution in [3.63, 3.8) is 0 Å². The lowest BCUT2D eigenvalue weighted by atomic mass is 9.97. The highest BCUT2D eigenvalue weighted by molar-refractivity contribution is 5.81. The molecule has 1 unspecified atom stereocenters. The van der Waals surface area contributed by atoms with Gasteiger partial charge in [-0.05, 0) is 36.6 Å². The van der Waals surface area contributed by atoms with Gasteiger partial charge < -0.3 is 14.8 Å². The minimum Gasteiger partial charge on any atom is -0.493 e. The average molecular weight is 346 g/mol. The third kappa shape index (κ3) is 4.31. The van der Waals surface area contributed by atoms with Crippen LogP contribution in [0.15, 0.2) is 12.1 Å². The van der Waals surface area contributed by atoms with E-state index in [1.165, 1.54) is 7.11 Å². The van der Waals surface area contributed by atoms with Crippen molar-refractivity contribution in [2.45, 2.75) is 32.1 Å². The van der Waals surface area contributed by atoms with E-state index >= 15 is 0 Å². The molecule has 1 atom stereocenters. The summed E-state index contributed by atoms with van der Waals surface area (Å²) in [5, 5.41) is 1.93. The molecule has 0 bridgehead atoms. The number of rotatable bonds is 5. The lowest BCUT2D eigenvalue weighted by molar-refractivity contribution is -0.141. The number of ether oxygens (including phenoxy) is 2. The van der Waals surface area contributed by atoms with Crippen molar-refractivity contribution in [2.75, 3.05) is 27.3 Å². The molecule has 1 heterocycles. The Hall–Kier alpha value is -1.96. The molecule has 24 heavy (non-hydrogen) atoms. The van der Waals surface area contributed by atoms with Crippen LogP contribution in [0.1, 0.15) is 18.1 Å². The Morgan fingerprint density at radius 1 is 1.25 bits per heavy atom. The summed E-state index contributed by atoms with van der Waals surface area (Å²) in [6.45, 7) is 1.35. The number of nitrogens with one attached hydrogen (secondary N) is 1. The second-order valence-electron chi connectivity index (χ2n) is 5.71. The number of carbonyl (C=O) groups is 1. The highest BCUT2D eigenvalue weighted by Crippen LogP contribution is 2.33. The molecule has 1 amide bonds. The molecule has 134 valence electrons. The van der Waals surface area contributed by atoms with Crippen LogP contribution in [0.4, 0.5) is 13.2 Å². The first-order valence-corrected chi connectivity index (χ1v) is 7.57. The summed E-state index contributed by atoms with van der Waals surface area (Å²) in [5.74, 6) is 0.601. The third-order valence-corrected chi connectivity index (χ3v) is 4.14. The number of hydrogen-bond donors (Lipinski definition) is 1. The van der Waals surface area contributed by atoms with E-state index in [9.17, 15) is 18.0 Å². The Morgan fingerprint density at radius 2 is 1.83 bits per heavy atom. The van der Waals surface area contributed by atoms with Crippen molar-refractivity contribution in [1.82, 2.24) is 10.2 Å². The second kappa shape index (κ2) is 7.29. The van der Waals surface area contributed by atoms with Crippen LogP contribution in [-0.4, -0.2) is 50.3 Å². The summed E-state index contributed by atoms with van der Waals surface area (Å²) >= 11 is 0. The summed E-state index contributed by atoms with van der Waals surface area (Å²) in [6, 6.07) is 3.11. The topological polar surface area (TPSA) is 50.8 Å². The van der Waals surface area contributed by atoms with Crippen LogP contribution in [0.3, 0.4) is 0 Å². The van der Waals surface area contributed by atoms with E-state index in [0.29, 0.717) is 31.0 Å². The van der Waals surface area contributed by atoms with Crippen LogP contribution < -0.4 is 14.8 Å². The number of methoxy groups -OCH3 is 2. The predicted octanol–water partition coefficient (Wildman–Crippen LogP) is 2.13. The van der Waals surface area contributed by atoms with Gasteiger partial charge in [0.2, 0.25) is 5.91 Å². The summed E-state index contributed by atoms with van der Waals surface area (Å²) in [5.41, 5.74) is 2.07. The fourth-order valence-electron chi connectivity index (χ4n) is 2.74. The molecule has 1 aliphatic heterocycles. The van der Waals surface area contributed by atoms with Crippen molar-refractivity contribution >= 4 is 5.91 Å². The fourth-order valence-corrected chi connectivity index (χ4v) is 2.74. The van der Waals surface area contributed by atoms with Crippen LogP contribution in [0.2, 0.25) is 0 Å². The van der Waals surface area contributed by atoms with E-state index in [2.05, 4.69) is 0 Å². The molecule has 0 spiro atoms. The van der Waals surface area contributed by atoms with Gasteiger partial charge >= 0.3 is 6.18 Å². The summed E-state index contributed by atoms with van der Waals surface area (Å²) < 4.78 is 47.2. The van der Waals surface area contributed by atoms with Gasteiger partial charge in [-0.3, -0.25) is 9.69 Å². The summed E-state index contributed by atoms with van der Waals surface area (Å²) in [4.78, 5) is 13.8. The van der Waals surface area contributed by atoms with Crippen LogP contribution in [0, 0.1) is 0 Å². The van der Waals surface area contributed by atoms with Crippen molar-refractivity contribution in [1.29, 1.82) is 0 Å². The number of halogens is 3. The molecule has 8 heteroatoms. The standard InChI is InChI=1S/C16H21F3N2O3/c1-10(15(22)20-9-16(17,18)19)21-5-4-11-6-13(23-2)14(24-3)7-12(11)8-21/h6-7,10H,4-5,8-9H2,1-3H3,(H,20,22). The van der Waals surface area contributed by atoms with Gasteiger partial charge in [-0.25, -0.2) is 0 Å². The summed E-state index contributed by atoms with van der Waals surface area (Å²) in [6.07, 6.45) is -3.72. The van der Waals surface area contributed by atoms with Gasteiger partial charge in [0, 0.05) is 13.1 Å². The minimum atomic E-state index is -4.41. The van der Waals surface area contributed by atoms with Crippen LogP contribution >= 0.6 is 0 Å². The Labute approximate surface area is 138 Å². The van der Waals surface area contributed by atoms with Gasteiger partial charge in [0.15, 0.2) is 11.5 Å². The molecular weight excluding hydrogens is 325 g/mol. The van der Waals surface area contributed by atoms with Gasteiger partial charge in [-0.2, -0.15) is 13.2 Å². The Kier molecular flexibility index (Phi) is 5.58. The Morgan fingerprint density at radius 3 is 2.38 bits per heavy atom. The predicted molar refractivity (Wildman–Crippen MR) is 82.2 cm³/mol. The Balaban J connectivity index is 2.07. The van der Waals surface area contributed by atoms with Crippen LogP contribution in [0.5, 0.6) is 11.5 Å².